The van der Waals surface area contributed by atoms with E-state index in [0.29, 0.717) is 4.77 Å². The number of nitrogens with one attached hydrogen (secondary N) is 1. The van der Waals surface area contributed by atoms with E-state index in [-0.39, 0.29) is 0 Å². The maximum absolute atomic E-state index is 5.09. The molecule has 0 saturated carbocycles. The van der Waals surface area contributed by atoms with Crippen LogP contribution in [0.2, 0.25) is 0 Å². The van der Waals surface area contributed by atoms with E-state index in [0.717, 1.165) is 17.1 Å². The minimum absolute atomic E-state index is 0.529. The first kappa shape index (κ1) is 11.2. The van der Waals surface area contributed by atoms with Gasteiger partial charge in [-0.3, -0.25) is 5.10 Å². The van der Waals surface area contributed by atoms with Gasteiger partial charge in [0, 0.05) is 16.2 Å². The number of nitrogens with zero attached hydrogens (tertiary/aromatic N) is 3. The van der Waals surface area contributed by atoms with Crippen LogP contribution in [0.25, 0.3) is 0 Å². The van der Waals surface area contributed by atoms with Gasteiger partial charge in [-0.2, -0.15) is 14.9 Å². The number of hydrogen-bond acceptors (Lipinski definition) is 4. The van der Waals surface area contributed by atoms with E-state index in [4.69, 9.17) is 12.2 Å². The molecule has 1 N–H and O–H groups in total. The standard InChI is InChI=1S/C10H12N4S2/c1-3-9-12-13-10(15)14(9)11-6-8-5-4-7(2)16-8/h4-6H,3H2,1-2H3,(H,13,15)/b11-6-. The minimum atomic E-state index is 0.529. The predicted octanol–water partition coefficient (Wildman–Crippen LogP) is 2.76. The molecule has 2 rings (SSSR count). The Labute approximate surface area is 103 Å². The van der Waals surface area contributed by atoms with Crippen LogP contribution in [0.5, 0.6) is 0 Å². The zero-order chi connectivity index (χ0) is 11.5. The number of thiophene rings is 1. The number of H-pyrrole nitrogens is 1. The molecule has 16 heavy (non-hydrogen) atoms. The third-order valence-corrected chi connectivity index (χ3v) is 3.29. The van der Waals surface area contributed by atoms with Gasteiger partial charge >= 0.3 is 0 Å². The largest absolute Gasteiger partial charge is 0.250 e. The van der Waals surface area contributed by atoms with Gasteiger partial charge in [-0.25, -0.2) is 0 Å². The van der Waals surface area contributed by atoms with Gasteiger partial charge in [0.2, 0.25) is 4.77 Å². The Kier molecular flexibility index (Phi) is 3.31. The molecule has 0 aliphatic heterocycles. The summed E-state index contributed by atoms with van der Waals surface area (Å²) in [5.41, 5.74) is 0. The Morgan fingerprint density at radius 1 is 1.62 bits per heavy atom. The second kappa shape index (κ2) is 4.71. The fourth-order valence-corrected chi connectivity index (χ4v) is 2.25. The summed E-state index contributed by atoms with van der Waals surface area (Å²) in [5.74, 6) is 0.842. The van der Waals surface area contributed by atoms with E-state index in [2.05, 4.69) is 28.3 Å². The highest BCUT2D eigenvalue weighted by Gasteiger charge is 2.01. The van der Waals surface area contributed by atoms with Crippen LogP contribution in [0.4, 0.5) is 0 Å². The zero-order valence-corrected chi connectivity index (χ0v) is 10.7. The maximum atomic E-state index is 5.09. The third-order valence-electron chi connectivity index (χ3n) is 2.10. The molecule has 84 valence electrons. The van der Waals surface area contributed by atoms with Crippen LogP contribution in [-0.4, -0.2) is 21.1 Å². The van der Waals surface area contributed by atoms with Crippen molar-refractivity contribution in [2.24, 2.45) is 5.10 Å². The van der Waals surface area contributed by atoms with E-state index in [9.17, 15) is 0 Å². The minimum Gasteiger partial charge on any atom is -0.250 e. The summed E-state index contributed by atoms with van der Waals surface area (Å²) in [6, 6.07) is 4.11. The summed E-state index contributed by atoms with van der Waals surface area (Å²) in [6.07, 6.45) is 2.61. The summed E-state index contributed by atoms with van der Waals surface area (Å²) < 4.78 is 2.19. The molecule has 0 aliphatic rings. The zero-order valence-electron chi connectivity index (χ0n) is 9.10. The molecule has 0 bridgehead atoms. The van der Waals surface area contributed by atoms with E-state index >= 15 is 0 Å². The average molecular weight is 252 g/mol. The lowest BCUT2D eigenvalue weighted by Crippen LogP contribution is -1.96. The molecule has 0 spiro atoms. The molecule has 0 fully saturated rings. The highest BCUT2D eigenvalue weighted by atomic mass is 32.1. The Bertz CT molecular complexity index is 561. The monoisotopic (exact) mass is 252 g/mol. The molecule has 2 aromatic rings. The van der Waals surface area contributed by atoms with Crippen LogP contribution in [-0.2, 0) is 6.42 Å². The summed E-state index contributed by atoms with van der Waals surface area (Å²) >= 11 is 6.80. The third kappa shape index (κ3) is 2.28. The second-order valence-corrected chi connectivity index (χ2v) is 5.01. The summed E-state index contributed by atoms with van der Waals surface area (Å²) in [4.78, 5) is 2.38. The number of aryl methyl sites for hydroxylation is 2. The Hall–Kier alpha value is -1.27. The van der Waals surface area contributed by atoms with Crippen molar-refractivity contribution in [1.82, 2.24) is 14.9 Å². The van der Waals surface area contributed by atoms with Crippen molar-refractivity contribution in [3.63, 3.8) is 0 Å². The summed E-state index contributed by atoms with van der Waals surface area (Å²) in [5, 5.41) is 11.1. The van der Waals surface area contributed by atoms with E-state index < -0.39 is 0 Å². The molecule has 4 nitrogen and oxygen atoms in total. The molecule has 6 heteroatoms. The molecular formula is C10H12N4S2. The van der Waals surface area contributed by atoms with Crippen molar-refractivity contribution in [1.29, 1.82) is 0 Å². The molecule has 0 saturated heterocycles. The molecule has 0 atom stereocenters. The summed E-state index contributed by atoms with van der Waals surface area (Å²) in [6.45, 7) is 4.09. The number of hydrogen-bond donors (Lipinski definition) is 1. The van der Waals surface area contributed by atoms with Gasteiger partial charge in [-0.05, 0) is 31.3 Å². The molecule has 2 heterocycles. The first-order valence-electron chi connectivity index (χ1n) is 4.98. The molecule has 0 unspecified atom stereocenters. The molecule has 0 amide bonds. The fourth-order valence-electron chi connectivity index (χ4n) is 1.31. The van der Waals surface area contributed by atoms with Crippen LogP contribution >= 0.6 is 23.6 Å². The van der Waals surface area contributed by atoms with Crippen molar-refractivity contribution in [2.75, 3.05) is 0 Å². The fraction of sp³-hybridized carbons (Fsp3) is 0.300. The number of rotatable bonds is 3. The van der Waals surface area contributed by atoms with Gasteiger partial charge in [0.1, 0.15) is 0 Å². The Balaban J connectivity index is 2.29. The van der Waals surface area contributed by atoms with Crippen LogP contribution in [0.15, 0.2) is 17.2 Å². The molecule has 0 aromatic carbocycles. The predicted molar refractivity (Wildman–Crippen MR) is 68.8 cm³/mol. The van der Waals surface area contributed by atoms with E-state index in [1.54, 1.807) is 16.0 Å². The van der Waals surface area contributed by atoms with Gasteiger partial charge in [-0.1, -0.05) is 6.92 Å². The topological polar surface area (TPSA) is 46.0 Å². The van der Waals surface area contributed by atoms with Gasteiger partial charge in [0.05, 0.1) is 6.21 Å². The lowest BCUT2D eigenvalue weighted by atomic mass is 10.4. The average Bonchev–Trinajstić information content (AvgIpc) is 2.82. The van der Waals surface area contributed by atoms with Crippen molar-refractivity contribution in [3.8, 4) is 0 Å². The normalized spacial score (nSPS) is 11.4. The van der Waals surface area contributed by atoms with Gasteiger partial charge in [-0.15, -0.1) is 11.3 Å². The quantitative estimate of drug-likeness (QED) is 0.674. The Morgan fingerprint density at radius 2 is 2.44 bits per heavy atom. The van der Waals surface area contributed by atoms with Crippen molar-refractivity contribution in [2.45, 2.75) is 20.3 Å². The molecule has 2 aromatic heterocycles. The van der Waals surface area contributed by atoms with Crippen molar-refractivity contribution in [3.05, 3.63) is 32.5 Å². The van der Waals surface area contributed by atoms with Crippen LogP contribution in [0.1, 0.15) is 22.5 Å². The Morgan fingerprint density at radius 3 is 3.06 bits per heavy atom. The van der Waals surface area contributed by atoms with Crippen molar-refractivity contribution >= 4 is 29.8 Å². The van der Waals surface area contributed by atoms with E-state index in [1.165, 1.54) is 4.88 Å². The van der Waals surface area contributed by atoms with Gasteiger partial charge in [0.15, 0.2) is 5.82 Å². The second-order valence-electron chi connectivity index (χ2n) is 3.30. The SMILES string of the molecule is CCc1n[nH]c(=S)n1/N=C\c1ccc(C)s1. The number of aromatic amines is 1. The smallest absolute Gasteiger partial charge is 0.216 e. The molecule has 0 aliphatic carbocycles. The molecular weight excluding hydrogens is 240 g/mol. The lowest BCUT2D eigenvalue weighted by molar-refractivity contribution is 0.780. The van der Waals surface area contributed by atoms with Crippen molar-refractivity contribution < 1.29 is 0 Å². The number of aromatic nitrogens is 3. The van der Waals surface area contributed by atoms with Crippen LogP contribution in [0, 0.1) is 11.7 Å². The van der Waals surface area contributed by atoms with Gasteiger partial charge < -0.3 is 0 Å². The van der Waals surface area contributed by atoms with Gasteiger partial charge in [0.25, 0.3) is 0 Å². The van der Waals surface area contributed by atoms with Crippen LogP contribution in [0.3, 0.4) is 0 Å². The first-order valence-corrected chi connectivity index (χ1v) is 6.20. The molecule has 0 radical (unpaired) electrons. The lowest BCUT2D eigenvalue weighted by Gasteiger charge is -1.94. The maximum Gasteiger partial charge on any atom is 0.216 e. The van der Waals surface area contributed by atoms with E-state index in [1.807, 2.05) is 19.2 Å². The highest BCUT2D eigenvalue weighted by Crippen LogP contribution is 2.12. The first-order chi connectivity index (χ1) is 7.70. The highest BCUT2D eigenvalue weighted by molar-refractivity contribution is 7.71. The van der Waals surface area contributed by atoms with Crippen LogP contribution < -0.4 is 0 Å². The summed E-state index contributed by atoms with van der Waals surface area (Å²) in [7, 11) is 0.